The normalized spacial score (nSPS) is 23.1. The van der Waals surface area contributed by atoms with E-state index < -0.39 is 16.9 Å². The van der Waals surface area contributed by atoms with Crippen LogP contribution in [0, 0.1) is 35.3 Å². The number of aryl methyl sites for hydroxylation is 2. The lowest BCUT2D eigenvalue weighted by atomic mass is 9.68. The maximum atomic E-state index is 13.1. The van der Waals surface area contributed by atoms with E-state index in [0.717, 1.165) is 28.2 Å². The van der Waals surface area contributed by atoms with E-state index in [1.165, 1.54) is 6.07 Å². The predicted molar refractivity (Wildman–Crippen MR) is 106 cm³/mol. The lowest BCUT2D eigenvalue weighted by Crippen LogP contribution is -2.42. The van der Waals surface area contributed by atoms with Gasteiger partial charge in [0.15, 0.2) is 0 Å². The van der Waals surface area contributed by atoms with Crippen molar-refractivity contribution in [1.29, 1.82) is 0 Å². The van der Waals surface area contributed by atoms with Crippen LogP contribution in [-0.2, 0) is 4.79 Å². The van der Waals surface area contributed by atoms with Crippen molar-refractivity contribution in [3.8, 4) is 0 Å². The first kappa shape index (κ1) is 18.4. The van der Waals surface area contributed by atoms with Crippen LogP contribution in [0.15, 0.2) is 33.7 Å². The molecule has 0 radical (unpaired) electrons. The van der Waals surface area contributed by atoms with Gasteiger partial charge in [0.1, 0.15) is 16.5 Å². The average molecular weight is 381 g/mol. The molecule has 7 heteroatoms. The van der Waals surface area contributed by atoms with Gasteiger partial charge in [-0.1, -0.05) is 13.8 Å². The number of nitro groups is 1. The Labute approximate surface area is 163 Å². The van der Waals surface area contributed by atoms with E-state index in [4.69, 9.17) is 9.41 Å². The van der Waals surface area contributed by atoms with Gasteiger partial charge in [0, 0.05) is 12.1 Å². The molecular weight excluding hydrogens is 358 g/mol. The van der Waals surface area contributed by atoms with Crippen molar-refractivity contribution in [1.82, 2.24) is 0 Å². The summed E-state index contributed by atoms with van der Waals surface area (Å²) in [7, 11) is 0. The van der Waals surface area contributed by atoms with Crippen molar-refractivity contribution < 1.29 is 14.1 Å². The largest absolute Gasteiger partial charge is 0.433 e. The molecule has 2 aliphatic rings. The third kappa shape index (κ3) is 3.10. The molecule has 1 fully saturated rings. The zero-order valence-electron chi connectivity index (χ0n) is 16.4. The monoisotopic (exact) mass is 381 g/mol. The molecule has 0 spiro atoms. The van der Waals surface area contributed by atoms with Crippen molar-refractivity contribution in [2.45, 2.75) is 46.6 Å². The maximum Gasteiger partial charge on any atom is 0.433 e. The highest BCUT2D eigenvalue weighted by Crippen LogP contribution is 2.46. The number of benzene rings is 1. The summed E-state index contributed by atoms with van der Waals surface area (Å²) in [5, 5.41) is 14.5. The summed E-state index contributed by atoms with van der Waals surface area (Å²) < 4.78 is 5.49. The van der Waals surface area contributed by atoms with Gasteiger partial charge in [-0.15, -0.1) is 0 Å². The first-order valence-corrected chi connectivity index (χ1v) is 9.37. The molecule has 0 amide bonds. The maximum absolute atomic E-state index is 13.1. The van der Waals surface area contributed by atoms with Gasteiger partial charge in [0.25, 0.3) is 0 Å². The van der Waals surface area contributed by atoms with Crippen LogP contribution in [-0.4, -0.2) is 16.4 Å². The fraction of sp³-hybridized carbons (Fsp3) is 0.429. The van der Waals surface area contributed by atoms with Crippen LogP contribution in [0.2, 0.25) is 0 Å². The summed E-state index contributed by atoms with van der Waals surface area (Å²) >= 11 is 0. The number of hydrogen-bond acceptors (Lipinski definition) is 6. The van der Waals surface area contributed by atoms with E-state index in [9.17, 15) is 14.9 Å². The Kier molecular flexibility index (Phi) is 4.14. The van der Waals surface area contributed by atoms with Crippen LogP contribution in [0.1, 0.15) is 49.6 Å². The van der Waals surface area contributed by atoms with Gasteiger partial charge in [-0.2, -0.15) is 0 Å². The highest BCUT2D eigenvalue weighted by molar-refractivity contribution is 6.10. The number of aliphatic imine (C=N–C) groups is 1. The molecule has 0 bridgehead atoms. The SMILES string of the molecule is Cc1cc2c(cc1C)NC(c1ccc([N+](=O)[O-])o1)C1C(=O)CC(C)(C)CC1=N2. The average Bonchev–Trinajstić information content (AvgIpc) is 3.01. The smallest absolute Gasteiger partial charge is 0.404 e. The number of Topliss-reactive ketones (excluding diaryl/α,β-unsaturated/α-hetero) is 1. The molecule has 2 atom stereocenters. The van der Waals surface area contributed by atoms with Crippen LogP contribution < -0.4 is 5.32 Å². The van der Waals surface area contributed by atoms with E-state index >= 15 is 0 Å². The Balaban J connectivity index is 1.88. The van der Waals surface area contributed by atoms with Crippen LogP contribution in [0.5, 0.6) is 0 Å². The van der Waals surface area contributed by atoms with Gasteiger partial charge in [-0.25, -0.2) is 0 Å². The van der Waals surface area contributed by atoms with E-state index in [1.807, 2.05) is 26.0 Å². The van der Waals surface area contributed by atoms with Crippen molar-refractivity contribution >= 4 is 28.8 Å². The van der Waals surface area contributed by atoms with Crippen molar-refractivity contribution in [3.63, 3.8) is 0 Å². The van der Waals surface area contributed by atoms with Crippen molar-refractivity contribution in [2.75, 3.05) is 5.32 Å². The number of nitrogens with one attached hydrogen (secondary N) is 1. The van der Waals surface area contributed by atoms with E-state index in [2.05, 4.69) is 19.2 Å². The Morgan fingerprint density at radius 3 is 2.61 bits per heavy atom. The van der Waals surface area contributed by atoms with Gasteiger partial charge in [-0.05, 0) is 55.0 Å². The highest BCUT2D eigenvalue weighted by atomic mass is 16.6. The Hall–Kier alpha value is -2.96. The lowest BCUT2D eigenvalue weighted by molar-refractivity contribution is -0.402. The summed E-state index contributed by atoms with van der Waals surface area (Å²) in [4.78, 5) is 28.5. The molecule has 1 aliphatic carbocycles. The highest BCUT2D eigenvalue weighted by Gasteiger charge is 2.45. The number of rotatable bonds is 2. The molecule has 1 saturated carbocycles. The molecule has 146 valence electrons. The van der Waals surface area contributed by atoms with E-state index in [0.29, 0.717) is 18.6 Å². The number of ketones is 1. The number of nitrogens with zero attached hydrogens (tertiary/aromatic N) is 2. The first-order valence-electron chi connectivity index (χ1n) is 9.37. The van der Waals surface area contributed by atoms with Crippen LogP contribution >= 0.6 is 0 Å². The lowest BCUT2D eigenvalue weighted by Gasteiger charge is -2.36. The molecule has 28 heavy (non-hydrogen) atoms. The minimum atomic E-state index is -0.567. The van der Waals surface area contributed by atoms with Crippen molar-refractivity contribution in [3.05, 3.63) is 51.3 Å². The minimum absolute atomic E-state index is 0.0767. The second-order valence-electron chi connectivity index (χ2n) is 8.57. The van der Waals surface area contributed by atoms with Crippen molar-refractivity contribution in [2.24, 2.45) is 16.3 Å². The number of anilines is 1. The first-order chi connectivity index (χ1) is 13.1. The fourth-order valence-electron chi connectivity index (χ4n) is 4.18. The number of carbonyl (C=O) groups excluding carboxylic acids is 1. The second-order valence-corrected chi connectivity index (χ2v) is 8.57. The van der Waals surface area contributed by atoms with Gasteiger partial charge < -0.3 is 9.73 Å². The van der Waals surface area contributed by atoms with Crippen LogP contribution in [0.3, 0.4) is 0 Å². The Morgan fingerprint density at radius 2 is 1.93 bits per heavy atom. The zero-order valence-corrected chi connectivity index (χ0v) is 16.4. The predicted octanol–water partition coefficient (Wildman–Crippen LogP) is 5.05. The van der Waals surface area contributed by atoms with Gasteiger partial charge in [-0.3, -0.25) is 19.9 Å². The summed E-state index contributed by atoms with van der Waals surface area (Å²) in [5.41, 5.74) is 4.45. The molecule has 2 unspecified atom stereocenters. The number of hydrogen-bond donors (Lipinski definition) is 1. The standard InChI is InChI=1S/C21H23N3O4/c1-11-7-13-14(8-12(11)2)23-20(17-5-6-18(28-17)24(26)27)19-15(22-13)9-21(3,4)10-16(19)25/h5-8,19-20,23H,9-10H2,1-4H3. The number of furan rings is 1. The summed E-state index contributed by atoms with van der Waals surface area (Å²) in [6.45, 7) is 8.18. The van der Waals surface area contributed by atoms with Gasteiger partial charge in [0.05, 0.1) is 29.4 Å². The summed E-state index contributed by atoms with van der Waals surface area (Å²) in [5.74, 6) is -0.383. The molecule has 2 heterocycles. The fourth-order valence-corrected chi connectivity index (χ4v) is 4.18. The van der Waals surface area contributed by atoms with Crippen LogP contribution in [0.4, 0.5) is 17.3 Å². The third-order valence-corrected chi connectivity index (χ3v) is 5.64. The molecule has 7 nitrogen and oxygen atoms in total. The van der Waals surface area contributed by atoms with Gasteiger partial charge in [0.2, 0.25) is 0 Å². The number of carbonyl (C=O) groups is 1. The van der Waals surface area contributed by atoms with Gasteiger partial charge >= 0.3 is 5.88 Å². The second kappa shape index (κ2) is 6.29. The summed E-state index contributed by atoms with van der Waals surface area (Å²) in [6.07, 6.45) is 1.13. The molecule has 1 N–H and O–H groups in total. The quantitative estimate of drug-likeness (QED) is 0.580. The van der Waals surface area contributed by atoms with E-state index in [-0.39, 0.29) is 17.1 Å². The third-order valence-electron chi connectivity index (χ3n) is 5.64. The Bertz CT molecular complexity index is 1020. The minimum Gasteiger partial charge on any atom is -0.404 e. The molecule has 1 aliphatic heterocycles. The molecule has 1 aromatic heterocycles. The summed E-state index contributed by atoms with van der Waals surface area (Å²) in [6, 6.07) is 6.40. The molecule has 0 saturated heterocycles. The molecular formula is C21H23N3O4. The topological polar surface area (TPSA) is 97.7 Å². The molecule has 2 aromatic rings. The Morgan fingerprint density at radius 1 is 1.21 bits per heavy atom. The molecule has 1 aromatic carbocycles. The van der Waals surface area contributed by atoms with E-state index in [1.54, 1.807) is 6.07 Å². The zero-order chi connectivity index (χ0) is 20.2. The number of fused-ring (bicyclic) bond motifs is 2. The van der Waals surface area contributed by atoms with Crippen LogP contribution in [0.25, 0.3) is 0 Å². The molecule has 4 rings (SSSR count).